The molecule has 2 aromatic carbocycles. The number of carbonyl (C=O) groups is 3. The lowest BCUT2D eigenvalue weighted by Gasteiger charge is -2.35. The van der Waals surface area contributed by atoms with Crippen molar-refractivity contribution in [3.63, 3.8) is 0 Å². The first-order valence-corrected chi connectivity index (χ1v) is 14.0. The summed E-state index contributed by atoms with van der Waals surface area (Å²) in [6.45, 7) is 8.20. The van der Waals surface area contributed by atoms with E-state index < -0.39 is 29.3 Å². The predicted octanol–water partition coefficient (Wildman–Crippen LogP) is 4.57. The normalized spacial score (nSPS) is 13.1. The molecule has 12 nitrogen and oxygen atoms in total. The third-order valence-corrected chi connectivity index (χ3v) is 7.11. The van der Waals surface area contributed by atoms with Gasteiger partial charge in [0, 0.05) is 41.8 Å². The first-order chi connectivity index (χ1) is 20.6. The third-order valence-electron chi connectivity index (χ3n) is 7.11. The number of fused-ring (bicyclic) bond motifs is 1. The van der Waals surface area contributed by atoms with Crippen LogP contribution in [0.15, 0.2) is 47.0 Å². The highest BCUT2D eigenvalue weighted by atomic mass is 16.6. The van der Waals surface area contributed by atoms with Gasteiger partial charge in [0.25, 0.3) is 0 Å². The Hall–Kier alpha value is -4.74. The Bertz CT molecular complexity index is 1470. The molecule has 1 aliphatic rings. The van der Waals surface area contributed by atoms with E-state index in [9.17, 15) is 14.4 Å². The van der Waals surface area contributed by atoms with E-state index in [0.29, 0.717) is 59.6 Å². The highest BCUT2D eigenvalue weighted by Gasteiger charge is 2.38. The zero-order valence-electron chi connectivity index (χ0n) is 25.3. The second-order valence-corrected chi connectivity index (χ2v) is 10.7. The van der Waals surface area contributed by atoms with E-state index in [1.807, 2.05) is 20.8 Å². The summed E-state index contributed by atoms with van der Waals surface area (Å²) in [5, 5.41) is 9.47. The average molecular weight is 595 g/mol. The zero-order chi connectivity index (χ0) is 31.1. The van der Waals surface area contributed by atoms with E-state index in [0.717, 1.165) is 0 Å². The number of benzene rings is 2. The Labute approximate surface area is 250 Å². The number of aromatic nitrogens is 1. The van der Waals surface area contributed by atoms with Crippen LogP contribution in [0.1, 0.15) is 57.4 Å². The molecule has 1 aromatic heterocycles. The molecule has 0 unspecified atom stereocenters. The van der Waals surface area contributed by atoms with Crippen molar-refractivity contribution in [3.8, 4) is 23.0 Å². The van der Waals surface area contributed by atoms with Gasteiger partial charge in [-0.2, -0.15) is 0 Å². The van der Waals surface area contributed by atoms with Crippen molar-refractivity contribution < 1.29 is 37.9 Å². The number of para-hydroxylation sites is 1. The zero-order valence-corrected chi connectivity index (χ0v) is 25.3. The maximum Gasteiger partial charge on any atom is 0.248 e. The lowest BCUT2D eigenvalue weighted by atomic mass is 9.97. The van der Waals surface area contributed by atoms with E-state index in [-0.39, 0.29) is 18.7 Å². The van der Waals surface area contributed by atoms with Crippen LogP contribution in [0.3, 0.4) is 0 Å². The van der Waals surface area contributed by atoms with Gasteiger partial charge >= 0.3 is 0 Å². The number of amides is 3. The maximum absolute atomic E-state index is 14.2. The Balaban J connectivity index is 1.79. The fraction of sp³-hybridized carbons (Fsp3) is 0.419. The SMILES string of the molecule is CCC(C)(C)NC(=O)[C@@H](c1cccc(OC)c1OC)N(C(=O)CCC(=O)Nc1cc(C)on1)c1ccc2c(c1)OCCO2. The number of hydrogen-bond donors (Lipinski definition) is 2. The Morgan fingerprint density at radius 2 is 1.77 bits per heavy atom. The topological polar surface area (TPSA) is 141 Å². The summed E-state index contributed by atoms with van der Waals surface area (Å²) < 4.78 is 27.7. The van der Waals surface area contributed by atoms with Gasteiger partial charge in [-0.3, -0.25) is 19.3 Å². The second kappa shape index (κ2) is 13.5. The molecule has 0 fully saturated rings. The smallest absolute Gasteiger partial charge is 0.248 e. The van der Waals surface area contributed by atoms with E-state index >= 15 is 0 Å². The van der Waals surface area contributed by atoms with Crippen LogP contribution in [-0.4, -0.2) is 55.9 Å². The standard InChI is InChI=1S/C31H38N4O8/c1-7-31(3,4)33-30(38)28(21-9-8-10-23(39-5)29(21)40-6)35(20-11-12-22-24(18-20)42-16-15-41-22)27(37)14-13-26(36)32-25-17-19(2)43-34-25/h8-12,17-18,28H,7,13-16H2,1-6H3,(H,33,38)(H,32,34,36)/t28-/m1/s1. The minimum Gasteiger partial charge on any atom is -0.493 e. The highest BCUT2D eigenvalue weighted by Crippen LogP contribution is 2.42. The summed E-state index contributed by atoms with van der Waals surface area (Å²) in [4.78, 5) is 42.5. The predicted molar refractivity (Wildman–Crippen MR) is 159 cm³/mol. The van der Waals surface area contributed by atoms with Crippen molar-refractivity contribution in [3.05, 3.63) is 53.8 Å². The molecular formula is C31H38N4O8. The summed E-state index contributed by atoms with van der Waals surface area (Å²) in [5.74, 6) is 1.08. The van der Waals surface area contributed by atoms with Crippen LogP contribution < -0.4 is 34.5 Å². The first kappa shape index (κ1) is 31.2. The lowest BCUT2D eigenvalue weighted by Crippen LogP contribution is -2.50. The highest BCUT2D eigenvalue weighted by molar-refractivity contribution is 6.03. The number of aryl methyl sites for hydroxylation is 1. The van der Waals surface area contributed by atoms with Gasteiger partial charge in [0.15, 0.2) is 28.8 Å². The molecule has 3 amide bonds. The van der Waals surface area contributed by atoms with Crippen molar-refractivity contribution in [1.29, 1.82) is 0 Å². The van der Waals surface area contributed by atoms with Gasteiger partial charge in [0.2, 0.25) is 17.7 Å². The maximum atomic E-state index is 14.2. The minimum absolute atomic E-state index is 0.171. The summed E-state index contributed by atoms with van der Waals surface area (Å²) in [5.41, 5.74) is 0.191. The number of anilines is 2. The molecule has 2 heterocycles. The Morgan fingerprint density at radius 3 is 2.42 bits per heavy atom. The minimum atomic E-state index is -1.20. The van der Waals surface area contributed by atoms with Crippen LogP contribution in [0.4, 0.5) is 11.5 Å². The molecule has 43 heavy (non-hydrogen) atoms. The van der Waals surface area contributed by atoms with Gasteiger partial charge in [-0.15, -0.1) is 0 Å². The molecule has 230 valence electrons. The van der Waals surface area contributed by atoms with Crippen molar-refractivity contribution >= 4 is 29.2 Å². The molecule has 0 radical (unpaired) electrons. The van der Waals surface area contributed by atoms with Gasteiger partial charge in [-0.05, 0) is 45.4 Å². The molecule has 1 atom stereocenters. The molecule has 1 aliphatic heterocycles. The summed E-state index contributed by atoms with van der Waals surface area (Å²) in [6.07, 6.45) is 0.251. The van der Waals surface area contributed by atoms with Gasteiger partial charge in [-0.25, -0.2) is 0 Å². The largest absolute Gasteiger partial charge is 0.493 e. The molecular weight excluding hydrogens is 556 g/mol. The lowest BCUT2D eigenvalue weighted by molar-refractivity contribution is -0.128. The van der Waals surface area contributed by atoms with Crippen LogP contribution in [0.25, 0.3) is 0 Å². The van der Waals surface area contributed by atoms with Crippen LogP contribution in [0.2, 0.25) is 0 Å². The van der Waals surface area contributed by atoms with Gasteiger partial charge in [0.05, 0.1) is 14.2 Å². The molecule has 12 heteroatoms. The van der Waals surface area contributed by atoms with Gasteiger partial charge in [0.1, 0.15) is 25.0 Å². The van der Waals surface area contributed by atoms with Crippen LogP contribution in [0.5, 0.6) is 23.0 Å². The average Bonchev–Trinajstić information content (AvgIpc) is 3.41. The van der Waals surface area contributed by atoms with Gasteiger partial charge < -0.3 is 34.1 Å². The fourth-order valence-corrected chi connectivity index (χ4v) is 4.61. The van der Waals surface area contributed by atoms with Crippen molar-refractivity contribution in [2.45, 2.75) is 58.5 Å². The van der Waals surface area contributed by atoms with E-state index in [2.05, 4.69) is 15.8 Å². The number of nitrogens with one attached hydrogen (secondary N) is 2. The molecule has 0 aliphatic carbocycles. The second-order valence-electron chi connectivity index (χ2n) is 10.7. The molecule has 2 N–H and O–H groups in total. The quantitative estimate of drug-likeness (QED) is 0.308. The van der Waals surface area contributed by atoms with Crippen LogP contribution in [-0.2, 0) is 14.4 Å². The number of nitrogens with zero attached hydrogens (tertiary/aromatic N) is 2. The molecule has 0 saturated carbocycles. The molecule has 3 aromatic rings. The Morgan fingerprint density at radius 1 is 1.02 bits per heavy atom. The van der Waals surface area contributed by atoms with Crippen molar-refractivity contribution in [2.24, 2.45) is 0 Å². The number of methoxy groups -OCH3 is 2. The molecule has 0 spiro atoms. The molecule has 0 bridgehead atoms. The summed E-state index contributed by atoms with van der Waals surface area (Å²) >= 11 is 0. The Kier molecular flexibility index (Phi) is 9.79. The molecule has 0 saturated heterocycles. The van der Waals surface area contributed by atoms with E-state index in [1.54, 1.807) is 49.4 Å². The van der Waals surface area contributed by atoms with Crippen LogP contribution in [0, 0.1) is 6.92 Å². The number of ether oxygens (including phenoxy) is 4. The first-order valence-electron chi connectivity index (χ1n) is 14.0. The summed E-state index contributed by atoms with van der Waals surface area (Å²) in [7, 11) is 2.97. The number of carbonyl (C=O) groups excluding carboxylic acids is 3. The van der Waals surface area contributed by atoms with E-state index in [1.165, 1.54) is 19.1 Å². The third kappa shape index (κ3) is 7.37. The monoisotopic (exact) mass is 594 g/mol. The summed E-state index contributed by atoms with van der Waals surface area (Å²) in [6, 6.07) is 10.5. The van der Waals surface area contributed by atoms with Gasteiger partial charge in [-0.1, -0.05) is 24.2 Å². The van der Waals surface area contributed by atoms with Crippen molar-refractivity contribution in [2.75, 3.05) is 37.7 Å². The number of rotatable bonds is 12. The fourth-order valence-electron chi connectivity index (χ4n) is 4.61. The van der Waals surface area contributed by atoms with Crippen molar-refractivity contribution in [1.82, 2.24) is 10.5 Å². The number of hydrogen-bond acceptors (Lipinski definition) is 9. The molecule has 4 rings (SSSR count). The van der Waals surface area contributed by atoms with E-state index in [4.69, 9.17) is 23.5 Å². The van der Waals surface area contributed by atoms with Crippen LogP contribution >= 0.6 is 0 Å².